The van der Waals surface area contributed by atoms with Crippen molar-refractivity contribution >= 4 is 5.91 Å². The molecule has 1 saturated heterocycles. The lowest BCUT2D eigenvalue weighted by molar-refractivity contribution is -0.0267. The summed E-state index contributed by atoms with van der Waals surface area (Å²) in [6, 6.07) is 3.28. The van der Waals surface area contributed by atoms with Crippen molar-refractivity contribution in [1.82, 2.24) is 25.1 Å². The predicted molar refractivity (Wildman–Crippen MR) is 91.5 cm³/mol. The Hall–Kier alpha value is -2.48. The van der Waals surface area contributed by atoms with Crippen LogP contribution in [0.2, 0.25) is 0 Å². The van der Waals surface area contributed by atoms with Crippen LogP contribution in [0, 0.1) is 6.92 Å². The summed E-state index contributed by atoms with van der Waals surface area (Å²) < 4.78 is 5.74. The zero-order chi connectivity index (χ0) is 18.2. The Labute approximate surface area is 145 Å². The summed E-state index contributed by atoms with van der Waals surface area (Å²) in [5.74, 6) is 0.995. The molecule has 0 saturated carbocycles. The molecular formula is C17H23N5O3. The molecule has 8 nitrogen and oxygen atoms in total. The van der Waals surface area contributed by atoms with Crippen LogP contribution in [-0.4, -0.2) is 50.7 Å². The zero-order valence-electron chi connectivity index (χ0n) is 14.9. The van der Waals surface area contributed by atoms with Gasteiger partial charge in [-0.05, 0) is 19.1 Å². The summed E-state index contributed by atoms with van der Waals surface area (Å²) >= 11 is 0. The minimum absolute atomic E-state index is 0.138. The van der Waals surface area contributed by atoms with E-state index < -0.39 is 0 Å². The van der Waals surface area contributed by atoms with Crippen LogP contribution in [0.3, 0.4) is 0 Å². The molecule has 0 bridgehead atoms. The van der Waals surface area contributed by atoms with E-state index in [0.29, 0.717) is 31.3 Å². The van der Waals surface area contributed by atoms with E-state index in [1.54, 1.807) is 24.0 Å². The van der Waals surface area contributed by atoms with Crippen LogP contribution < -0.4 is 5.56 Å². The number of hydrogen-bond acceptors (Lipinski definition) is 5. The lowest BCUT2D eigenvalue weighted by atomic mass is 9.96. The Bertz CT molecular complexity index is 833. The first kappa shape index (κ1) is 17.3. The van der Waals surface area contributed by atoms with Crippen LogP contribution in [0.15, 0.2) is 16.9 Å². The molecule has 134 valence electrons. The summed E-state index contributed by atoms with van der Waals surface area (Å²) in [6.45, 7) is 9.00. The molecule has 1 atom stereocenters. The molecule has 0 unspecified atom stereocenters. The number of aromatic nitrogens is 4. The second-order valence-corrected chi connectivity index (χ2v) is 7.29. The topological polar surface area (TPSA) is 104 Å². The average Bonchev–Trinajstić information content (AvgIpc) is 3.05. The number of morpholine rings is 1. The molecule has 0 radical (unpaired) electrons. The molecular weight excluding hydrogens is 322 g/mol. The van der Waals surface area contributed by atoms with E-state index in [9.17, 15) is 9.59 Å². The molecule has 0 aromatic carbocycles. The van der Waals surface area contributed by atoms with Crippen molar-refractivity contribution in [2.45, 2.75) is 39.2 Å². The van der Waals surface area contributed by atoms with Crippen LogP contribution >= 0.6 is 0 Å². The van der Waals surface area contributed by atoms with Gasteiger partial charge in [0.25, 0.3) is 11.5 Å². The van der Waals surface area contributed by atoms with E-state index in [1.165, 1.54) is 0 Å². The van der Waals surface area contributed by atoms with Gasteiger partial charge < -0.3 is 14.6 Å². The highest BCUT2D eigenvalue weighted by Gasteiger charge is 2.30. The first-order valence-electron chi connectivity index (χ1n) is 8.29. The Morgan fingerprint density at radius 3 is 2.76 bits per heavy atom. The first-order chi connectivity index (χ1) is 11.8. The van der Waals surface area contributed by atoms with Crippen LogP contribution in [0.4, 0.5) is 0 Å². The van der Waals surface area contributed by atoms with E-state index in [1.807, 2.05) is 20.8 Å². The molecule has 3 heterocycles. The standard InChI is InChI=1S/C17H23N5O3/c1-10-5-6-11(14(23)18-10)15(24)22-7-8-25-12(9-22)13-19-16(21-20-13)17(2,3)4/h5-6,12H,7-9H2,1-4H3,(H,18,23)(H,19,20,21)/t12-/m1/s1. The Balaban J connectivity index is 1.78. The van der Waals surface area contributed by atoms with Gasteiger partial charge in [0.1, 0.15) is 11.7 Å². The normalized spacial score (nSPS) is 18.4. The van der Waals surface area contributed by atoms with Gasteiger partial charge in [0, 0.05) is 17.7 Å². The van der Waals surface area contributed by atoms with Crippen molar-refractivity contribution in [1.29, 1.82) is 0 Å². The Kier molecular flexibility index (Phi) is 4.47. The maximum atomic E-state index is 12.7. The third-order valence-electron chi connectivity index (χ3n) is 4.12. The Morgan fingerprint density at radius 1 is 1.36 bits per heavy atom. The van der Waals surface area contributed by atoms with Crippen molar-refractivity contribution in [3.05, 3.63) is 45.4 Å². The summed E-state index contributed by atoms with van der Waals surface area (Å²) in [6.07, 6.45) is -0.383. The molecule has 1 aliphatic heterocycles. The second kappa shape index (κ2) is 6.44. The van der Waals surface area contributed by atoms with Crippen LogP contribution in [0.1, 0.15) is 54.6 Å². The van der Waals surface area contributed by atoms with Gasteiger partial charge in [-0.3, -0.25) is 14.7 Å². The first-order valence-corrected chi connectivity index (χ1v) is 8.29. The number of pyridine rings is 1. The molecule has 2 aromatic rings. The number of nitrogens with zero attached hydrogens (tertiary/aromatic N) is 3. The summed E-state index contributed by atoms with van der Waals surface area (Å²) in [5.41, 5.74) is 0.313. The summed E-state index contributed by atoms with van der Waals surface area (Å²) in [7, 11) is 0. The highest BCUT2D eigenvalue weighted by Crippen LogP contribution is 2.23. The lowest BCUT2D eigenvalue weighted by Crippen LogP contribution is -2.44. The zero-order valence-corrected chi connectivity index (χ0v) is 14.9. The summed E-state index contributed by atoms with van der Waals surface area (Å²) in [4.78, 5) is 33.5. The maximum Gasteiger partial charge on any atom is 0.260 e. The minimum Gasteiger partial charge on any atom is -0.367 e. The third-order valence-corrected chi connectivity index (χ3v) is 4.12. The molecule has 3 rings (SSSR count). The van der Waals surface area contributed by atoms with Crippen LogP contribution in [-0.2, 0) is 10.2 Å². The smallest absolute Gasteiger partial charge is 0.260 e. The molecule has 8 heteroatoms. The molecule has 2 N–H and O–H groups in total. The number of nitrogens with one attached hydrogen (secondary N) is 2. The van der Waals surface area contributed by atoms with Gasteiger partial charge in [-0.2, -0.15) is 5.10 Å². The largest absolute Gasteiger partial charge is 0.367 e. The molecule has 1 fully saturated rings. The van der Waals surface area contributed by atoms with E-state index in [0.717, 1.165) is 5.69 Å². The highest BCUT2D eigenvalue weighted by molar-refractivity contribution is 5.93. The van der Waals surface area contributed by atoms with Gasteiger partial charge in [0.15, 0.2) is 11.6 Å². The van der Waals surface area contributed by atoms with E-state index in [2.05, 4.69) is 20.2 Å². The van der Waals surface area contributed by atoms with E-state index in [4.69, 9.17) is 4.74 Å². The number of hydrogen-bond donors (Lipinski definition) is 2. The van der Waals surface area contributed by atoms with Crippen molar-refractivity contribution in [2.75, 3.05) is 19.7 Å². The number of aryl methyl sites for hydroxylation is 1. The second-order valence-electron chi connectivity index (χ2n) is 7.29. The maximum absolute atomic E-state index is 12.7. The van der Waals surface area contributed by atoms with Gasteiger partial charge in [0.2, 0.25) is 0 Å². The number of amides is 1. The molecule has 1 amide bonds. The van der Waals surface area contributed by atoms with Crippen molar-refractivity contribution in [3.8, 4) is 0 Å². The molecule has 1 aliphatic rings. The van der Waals surface area contributed by atoms with Gasteiger partial charge in [-0.15, -0.1) is 0 Å². The highest BCUT2D eigenvalue weighted by atomic mass is 16.5. The van der Waals surface area contributed by atoms with Crippen molar-refractivity contribution in [3.63, 3.8) is 0 Å². The lowest BCUT2D eigenvalue weighted by Gasteiger charge is -2.31. The molecule has 0 spiro atoms. The SMILES string of the molecule is Cc1ccc(C(=O)N2CCO[C@@H](c3nc(C(C)(C)C)n[nH]3)C2)c(=O)[nH]1. The number of carbonyl (C=O) groups excluding carboxylic acids is 1. The molecule has 2 aromatic heterocycles. The number of H-pyrrole nitrogens is 2. The van der Waals surface area contributed by atoms with Gasteiger partial charge in [-0.1, -0.05) is 20.8 Å². The molecule has 0 aliphatic carbocycles. The monoisotopic (exact) mass is 345 g/mol. The van der Waals surface area contributed by atoms with E-state index in [-0.39, 0.29) is 28.5 Å². The van der Waals surface area contributed by atoms with Crippen molar-refractivity contribution in [2.24, 2.45) is 0 Å². The predicted octanol–water partition coefficient (Wildman–Crippen LogP) is 1.31. The van der Waals surface area contributed by atoms with Crippen LogP contribution in [0.5, 0.6) is 0 Å². The fraction of sp³-hybridized carbons (Fsp3) is 0.529. The summed E-state index contributed by atoms with van der Waals surface area (Å²) in [5, 5.41) is 7.15. The molecule has 25 heavy (non-hydrogen) atoms. The van der Waals surface area contributed by atoms with Crippen molar-refractivity contribution < 1.29 is 9.53 Å². The fourth-order valence-electron chi connectivity index (χ4n) is 2.66. The third kappa shape index (κ3) is 3.63. The quantitative estimate of drug-likeness (QED) is 0.854. The minimum atomic E-state index is -0.383. The van der Waals surface area contributed by atoms with Gasteiger partial charge in [0.05, 0.1) is 13.2 Å². The average molecular weight is 345 g/mol. The fourth-order valence-corrected chi connectivity index (χ4v) is 2.66. The van der Waals surface area contributed by atoms with Gasteiger partial charge >= 0.3 is 0 Å². The number of ether oxygens (including phenoxy) is 1. The van der Waals surface area contributed by atoms with Gasteiger partial charge in [-0.25, -0.2) is 4.98 Å². The number of carbonyl (C=O) groups is 1. The number of aromatic amines is 2. The van der Waals surface area contributed by atoms with E-state index >= 15 is 0 Å². The number of rotatable bonds is 2. The Morgan fingerprint density at radius 2 is 2.12 bits per heavy atom. The van der Waals surface area contributed by atoms with Crippen LogP contribution in [0.25, 0.3) is 0 Å².